The fourth-order valence-electron chi connectivity index (χ4n) is 2.99. The molecule has 0 unspecified atom stereocenters. The molecule has 2 amide bonds. The number of anilines is 3. The van der Waals surface area contributed by atoms with E-state index in [0.29, 0.717) is 34.4 Å². The van der Waals surface area contributed by atoms with Crippen LogP contribution in [0.1, 0.15) is 46.4 Å². The van der Waals surface area contributed by atoms with Gasteiger partial charge in [-0.05, 0) is 37.1 Å². The summed E-state index contributed by atoms with van der Waals surface area (Å²) < 4.78 is 0. The molecule has 130 valence electrons. The third-order valence-corrected chi connectivity index (χ3v) is 4.33. The van der Waals surface area contributed by atoms with Gasteiger partial charge in [0.15, 0.2) is 0 Å². The Morgan fingerprint density at radius 2 is 1.72 bits per heavy atom. The molecule has 1 saturated carbocycles. The summed E-state index contributed by atoms with van der Waals surface area (Å²) in [6, 6.07) is 8.86. The number of amides is 2. The summed E-state index contributed by atoms with van der Waals surface area (Å²) in [6.07, 6.45) is 6.15. The highest BCUT2D eigenvalue weighted by Gasteiger charge is 2.17. The Labute approximate surface area is 145 Å². The maximum absolute atomic E-state index is 11.7. The first kappa shape index (κ1) is 16.8. The van der Waals surface area contributed by atoms with Gasteiger partial charge < -0.3 is 22.1 Å². The molecule has 0 spiro atoms. The molecule has 0 radical (unpaired) electrons. The first-order chi connectivity index (χ1) is 12.0. The lowest BCUT2D eigenvalue weighted by atomic mass is 10.1. The zero-order valence-corrected chi connectivity index (χ0v) is 13.8. The van der Waals surface area contributed by atoms with Crippen LogP contribution in [0.5, 0.6) is 0 Å². The molecule has 0 atom stereocenters. The van der Waals surface area contributed by atoms with Crippen LogP contribution in [-0.4, -0.2) is 22.8 Å². The molecule has 2 aromatic rings. The van der Waals surface area contributed by atoms with Crippen molar-refractivity contribution in [3.63, 3.8) is 0 Å². The molecular formula is C18H21N5O2. The second-order valence-corrected chi connectivity index (χ2v) is 6.17. The van der Waals surface area contributed by atoms with Crippen LogP contribution in [0.25, 0.3) is 0 Å². The Kier molecular flexibility index (Phi) is 4.83. The van der Waals surface area contributed by atoms with Gasteiger partial charge in [0.05, 0.1) is 11.3 Å². The molecule has 0 bridgehead atoms. The summed E-state index contributed by atoms with van der Waals surface area (Å²) in [7, 11) is 0. The molecule has 25 heavy (non-hydrogen) atoms. The Morgan fingerprint density at radius 3 is 2.32 bits per heavy atom. The molecule has 3 rings (SSSR count). The zero-order chi connectivity index (χ0) is 17.8. The third kappa shape index (κ3) is 4.06. The van der Waals surface area contributed by atoms with Crippen molar-refractivity contribution in [3.05, 3.63) is 47.7 Å². The highest BCUT2D eigenvalue weighted by molar-refractivity contribution is 5.99. The van der Waals surface area contributed by atoms with Crippen LogP contribution in [0.3, 0.4) is 0 Å². The van der Waals surface area contributed by atoms with E-state index in [1.165, 1.54) is 19.0 Å². The predicted molar refractivity (Wildman–Crippen MR) is 96.9 cm³/mol. The predicted octanol–water partition coefficient (Wildman–Crippen LogP) is 2.38. The van der Waals surface area contributed by atoms with E-state index in [4.69, 9.17) is 11.5 Å². The van der Waals surface area contributed by atoms with Gasteiger partial charge >= 0.3 is 0 Å². The van der Waals surface area contributed by atoms with Crippen LogP contribution < -0.4 is 22.1 Å². The van der Waals surface area contributed by atoms with Crippen molar-refractivity contribution in [2.45, 2.75) is 31.7 Å². The Morgan fingerprint density at radius 1 is 1.04 bits per heavy atom. The zero-order valence-electron chi connectivity index (χ0n) is 13.8. The molecule has 1 fully saturated rings. The minimum Gasteiger partial charge on any atom is -0.367 e. The second-order valence-electron chi connectivity index (χ2n) is 6.17. The van der Waals surface area contributed by atoms with E-state index in [0.717, 1.165) is 12.8 Å². The number of primary amides is 2. The summed E-state index contributed by atoms with van der Waals surface area (Å²) in [5.41, 5.74) is 12.7. The molecule has 0 aliphatic heterocycles. The largest absolute Gasteiger partial charge is 0.367 e. The number of nitrogens with one attached hydrogen (secondary N) is 2. The molecular weight excluding hydrogens is 318 g/mol. The monoisotopic (exact) mass is 339 g/mol. The number of aromatic nitrogens is 1. The summed E-state index contributed by atoms with van der Waals surface area (Å²) in [5, 5.41) is 6.55. The van der Waals surface area contributed by atoms with Crippen LogP contribution in [0.4, 0.5) is 17.2 Å². The van der Waals surface area contributed by atoms with Gasteiger partial charge in [-0.1, -0.05) is 12.8 Å². The minimum atomic E-state index is -0.559. The van der Waals surface area contributed by atoms with E-state index in [-0.39, 0.29) is 0 Å². The van der Waals surface area contributed by atoms with Gasteiger partial charge in [-0.3, -0.25) is 9.59 Å². The molecule has 7 nitrogen and oxygen atoms in total. The summed E-state index contributed by atoms with van der Waals surface area (Å²) in [6.45, 7) is 0. The van der Waals surface area contributed by atoms with Crippen LogP contribution in [-0.2, 0) is 0 Å². The first-order valence-electron chi connectivity index (χ1n) is 8.26. The van der Waals surface area contributed by atoms with Crippen molar-refractivity contribution in [2.24, 2.45) is 11.5 Å². The molecule has 6 N–H and O–H groups in total. The highest BCUT2D eigenvalue weighted by Crippen LogP contribution is 2.26. The number of carbonyl (C=O) groups excluding carboxylic acids is 2. The lowest BCUT2D eigenvalue weighted by Crippen LogP contribution is -2.18. The van der Waals surface area contributed by atoms with Gasteiger partial charge in [0.2, 0.25) is 5.91 Å². The van der Waals surface area contributed by atoms with E-state index in [2.05, 4.69) is 15.6 Å². The van der Waals surface area contributed by atoms with Crippen LogP contribution in [0.15, 0.2) is 36.5 Å². The van der Waals surface area contributed by atoms with E-state index in [1.807, 2.05) is 0 Å². The smallest absolute Gasteiger partial charge is 0.252 e. The standard InChI is InChI=1S/C18H21N5O2/c19-17(24)11-5-7-13(8-6-11)22-15-9-16(21-10-14(15)18(20)25)23-12-3-1-2-4-12/h5-10,12H,1-4H2,(H2,19,24)(H2,20,25)(H2,21,22,23). The first-order valence-corrected chi connectivity index (χ1v) is 8.26. The summed E-state index contributed by atoms with van der Waals surface area (Å²) in [4.78, 5) is 27.1. The molecule has 1 aromatic heterocycles. The van der Waals surface area contributed by atoms with E-state index in [1.54, 1.807) is 30.3 Å². The van der Waals surface area contributed by atoms with Crippen molar-refractivity contribution in [1.82, 2.24) is 4.98 Å². The number of hydrogen-bond donors (Lipinski definition) is 4. The van der Waals surface area contributed by atoms with Crippen molar-refractivity contribution in [2.75, 3.05) is 10.6 Å². The maximum Gasteiger partial charge on any atom is 0.252 e. The number of rotatable bonds is 6. The lowest BCUT2D eigenvalue weighted by molar-refractivity contribution is 0.0992. The number of nitrogens with two attached hydrogens (primary N) is 2. The SMILES string of the molecule is NC(=O)c1ccc(Nc2cc(NC3CCCC3)ncc2C(N)=O)cc1. The Balaban J connectivity index is 1.83. The van der Waals surface area contributed by atoms with Gasteiger partial charge in [0.1, 0.15) is 5.82 Å². The average molecular weight is 339 g/mol. The topological polar surface area (TPSA) is 123 Å². The average Bonchev–Trinajstić information content (AvgIpc) is 3.08. The number of benzene rings is 1. The van der Waals surface area contributed by atoms with Gasteiger partial charge in [-0.2, -0.15) is 0 Å². The molecule has 1 aliphatic rings. The van der Waals surface area contributed by atoms with Gasteiger partial charge in [-0.25, -0.2) is 4.98 Å². The van der Waals surface area contributed by atoms with Gasteiger partial charge in [0.25, 0.3) is 5.91 Å². The molecule has 1 aromatic carbocycles. The van der Waals surface area contributed by atoms with Crippen LogP contribution >= 0.6 is 0 Å². The normalized spacial score (nSPS) is 14.2. The Hall–Kier alpha value is -3.09. The summed E-state index contributed by atoms with van der Waals surface area (Å²) >= 11 is 0. The molecule has 1 heterocycles. The number of pyridine rings is 1. The quantitative estimate of drug-likeness (QED) is 0.643. The fourth-order valence-corrected chi connectivity index (χ4v) is 2.99. The van der Waals surface area contributed by atoms with Crippen molar-refractivity contribution >= 4 is 29.0 Å². The third-order valence-electron chi connectivity index (χ3n) is 4.33. The van der Waals surface area contributed by atoms with Crippen LogP contribution in [0, 0.1) is 0 Å². The number of hydrogen-bond acceptors (Lipinski definition) is 5. The van der Waals surface area contributed by atoms with E-state index < -0.39 is 11.8 Å². The van der Waals surface area contributed by atoms with Crippen LogP contribution in [0.2, 0.25) is 0 Å². The maximum atomic E-state index is 11.7. The van der Waals surface area contributed by atoms with Gasteiger partial charge in [0, 0.05) is 29.6 Å². The van der Waals surface area contributed by atoms with Crippen molar-refractivity contribution in [3.8, 4) is 0 Å². The fraction of sp³-hybridized carbons (Fsp3) is 0.278. The van der Waals surface area contributed by atoms with E-state index >= 15 is 0 Å². The molecule has 7 heteroatoms. The van der Waals surface area contributed by atoms with E-state index in [9.17, 15) is 9.59 Å². The highest BCUT2D eigenvalue weighted by atomic mass is 16.1. The molecule has 0 saturated heterocycles. The molecule has 1 aliphatic carbocycles. The van der Waals surface area contributed by atoms with Crippen molar-refractivity contribution in [1.29, 1.82) is 0 Å². The number of carbonyl (C=O) groups is 2. The Bertz CT molecular complexity index is 783. The minimum absolute atomic E-state index is 0.302. The van der Waals surface area contributed by atoms with Crippen molar-refractivity contribution < 1.29 is 9.59 Å². The second kappa shape index (κ2) is 7.21. The van der Waals surface area contributed by atoms with Gasteiger partial charge in [-0.15, -0.1) is 0 Å². The summed E-state index contributed by atoms with van der Waals surface area (Å²) in [5.74, 6) is -0.347. The number of nitrogens with zero attached hydrogens (tertiary/aromatic N) is 1. The lowest BCUT2D eigenvalue weighted by Gasteiger charge is -2.16.